The summed E-state index contributed by atoms with van der Waals surface area (Å²) in [6.45, 7) is 5.11. The first kappa shape index (κ1) is 10.2. The second-order valence-corrected chi connectivity index (χ2v) is 2.38. The number of carbonyl (C=O) groups is 1. The van der Waals surface area contributed by atoms with Gasteiger partial charge in [-0.25, -0.2) is 0 Å². The Hall–Kier alpha value is -0.830. The number of hydrogen-bond donors (Lipinski definition) is 0. The maximum Gasteiger partial charge on any atom is 0.306 e. The average molecular weight is 157 g/mol. The summed E-state index contributed by atoms with van der Waals surface area (Å²) < 4.78 is 4.49. The van der Waals surface area contributed by atoms with Gasteiger partial charge in [-0.2, -0.15) is 0 Å². The van der Waals surface area contributed by atoms with E-state index in [1.165, 1.54) is 7.11 Å². The molecule has 0 unspecified atom stereocenters. The SMILES string of the molecule is C=CCN(C)CCC(=O)OC. The maximum absolute atomic E-state index is 10.6. The van der Waals surface area contributed by atoms with Crippen molar-refractivity contribution in [1.29, 1.82) is 0 Å². The number of esters is 1. The van der Waals surface area contributed by atoms with E-state index in [1.54, 1.807) is 6.08 Å². The van der Waals surface area contributed by atoms with Crippen molar-refractivity contribution >= 4 is 5.97 Å². The molecule has 0 atom stereocenters. The summed E-state index contributed by atoms with van der Waals surface area (Å²) in [6.07, 6.45) is 2.25. The van der Waals surface area contributed by atoms with E-state index in [0.717, 1.165) is 13.1 Å². The molecule has 64 valence electrons. The number of nitrogens with zero attached hydrogens (tertiary/aromatic N) is 1. The van der Waals surface area contributed by atoms with Crippen molar-refractivity contribution in [2.45, 2.75) is 6.42 Å². The van der Waals surface area contributed by atoms with Crippen LogP contribution in [0.5, 0.6) is 0 Å². The zero-order valence-electron chi connectivity index (χ0n) is 7.17. The monoisotopic (exact) mass is 157 g/mol. The lowest BCUT2D eigenvalue weighted by atomic mass is 10.4. The molecule has 0 fully saturated rings. The fourth-order valence-electron chi connectivity index (χ4n) is 0.696. The van der Waals surface area contributed by atoms with Gasteiger partial charge in [0.1, 0.15) is 0 Å². The predicted molar refractivity (Wildman–Crippen MR) is 44.3 cm³/mol. The van der Waals surface area contributed by atoms with Crippen LogP contribution in [0, 0.1) is 0 Å². The summed E-state index contributed by atoms with van der Waals surface area (Å²) >= 11 is 0. The number of ether oxygens (including phenoxy) is 1. The topological polar surface area (TPSA) is 29.5 Å². The molecule has 3 heteroatoms. The van der Waals surface area contributed by atoms with Gasteiger partial charge < -0.3 is 9.64 Å². The highest BCUT2D eigenvalue weighted by molar-refractivity contribution is 5.69. The molecule has 0 spiro atoms. The average Bonchev–Trinajstić information content (AvgIpc) is 2.01. The Bertz CT molecular complexity index is 134. The summed E-state index contributed by atoms with van der Waals surface area (Å²) in [5, 5.41) is 0. The first-order chi connectivity index (χ1) is 5.20. The molecule has 0 aromatic heterocycles. The van der Waals surface area contributed by atoms with Crippen LogP contribution >= 0.6 is 0 Å². The van der Waals surface area contributed by atoms with E-state index < -0.39 is 0 Å². The summed E-state index contributed by atoms with van der Waals surface area (Å²) in [4.78, 5) is 12.6. The van der Waals surface area contributed by atoms with E-state index in [1.807, 2.05) is 11.9 Å². The lowest BCUT2D eigenvalue weighted by Crippen LogP contribution is -2.22. The lowest BCUT2D eigenvalue weighted by molar-refractivity contribution is -0.140. The third-order valence-electron chi connectivity index (χ3n) is 1.37. The summed E-state index contributed by atoms with van der Waals surface area (Å²) in [6, 6.07) is 0. The predicted octanol–water partition coefficient (Wildman–Crippen LogP) is 0.667. The standard InChI is InChI=1S/C8H15NO2/c1-4-6-9(2)7-5-8(10)11-3/h4H,1,5-7H2,2-3H3. The molecule has 0 aliphatic rings. The van der Waals surface area contributed by atoms with Gasteiger partial charge in [0.2, 0.25) is 0 Å². The van der Waals surface area contributed by atoms with Crippen LogP contribution in [0.3, 0.4) is 0 Å². The zero-order chi connectivity index (χ0) is 8.69. The maximum atomic E-state index is 10.6. The third-order valence-corrected chi connectivity index (χ3v) is 1.37. The molecule has 0 saturated carbocycles. The Morgan fingerprint density at radius 2 is 2.36 bits per heavy atom. The van der Waals surface area contributed by atoms with Crippen molar-refractivity contribution in [2.24, 2.45) is 0 Å². The molecule has 0 N–H and O–H groups in total. The van der Waals surface area contributed by atoms with Crippen molar-refractivity contribution in [3.63, 3.8) is 0 Å². The molecule has 0 aliphatic carbocycles. The highest BCUT2D eigenvalue weighted by Crippen LogP contribution is 1.89. The molecule has 0 rings (SSSR count). The largest absolute Gasteiger partial charge is 0.469 e. The van der Waals surface area contributed by atoms with E-state index in [9.17, 15) is 4.79 Å². The van der Waals surface area contributed by atoms with Gasteiger partial charge >= 0.3 is 5.97 Å². The molecule has 0 aromatic rings. The van der Waals surface area contributed by atoms with Crippen LogP contribution < -0.4 is 0 Å². The summed E-state index contributed by atoms with van der Waals surface area (Å²) in [7, 11) is 3.33. The minimum absolute atomic E-state index is 0.166. The van der Waals surface area contributed by atoms with Gasteiger partial charge in [0.25, 0.3) is 0 Å². The Balaban J connectivity index is 3.36. The van der Waals surface area contributed by atoms with Crippen LogP contribution in [-0.4, -0.2) is 38.1 Å². The second-order valence-electron chi connectivity index (χ2n) is 2.38. The molecular formula is C8H15NO2. The third kappa shape index (κ3) is 5.61. The van der Waals surface area contributed by atoms with Gasteiger partial charge in [-0.05, 0) is 7.05 Å². The number of hydrogen-bond acceptors (Lipinski definition) is 3. The summed E-state index contributed by atoms with van der Waals surface area (Å²) in [5.41, 5.74) is 0. The number of carbonyl (C=O) groups excluding carboxylic acids is 1. The van der Waals surface area contributed by atoms with Crippen molar-refractivity contribution in [3.8, 4) is 0 Å². The van der Waals surface area contributed by atoms with Gasteiger partial charge in [0.15, 0.2) is 0 Å². The van der Waals surface area contributed by atoms with Crippen molar-refractivity contribution in [2.75, 3.05) is 27.2 Å². The van der Waals surface area contributed by atoms with Gasteiger partial charge in [0.05, 0.1) is 13.5 Å². The molecule has 0 aliphatic heterocycles. The normalized spacial score (nSPS) is 9.73. The van der Waals surface area contributed by atoms with Crippen LogP contribution in [0.4, 0.5) is 0 Å². The highest BCUT2D eigenvalue weighted by Gasteiger charge is 2.01. The van der Waals surface area contributed by atoms with Crippen molar-refractivity contribution in [1.82, 2.24) is 4.90 Å². The van der Waals surface area contributed by atoms with Gasteiger partial charge in [0, 0.05) is 13.1 Å². The van der Waals surface area contributed by atoms with Gasteiger partial charge in [-0.15, -0.1) is 6.58 Å². The lowest BCUT2D eigenvalue weighted by Gasteiger charge is -2.12. The van der Waals surface area contributed by atoms with E-state index in [2.05, 4.69) is 11.3 Å². The van der Waals surface area contributed by atoms with Gasteiger partial charge in [-0.3, -0.25) is 4.79 Å². The first-order valence-corrected chi connectivity index (χ1v) is 3.57. The van der Waals surface area contributed by atoms with Crippen LogP contribution in [0.2, 0.25) is 0 Å². The highest BCUT2D eigenvalue weighted by atomic mass is 16.5. The number of likely N-dealkylation sites (N-methyl/N-ethyl adjacent to an activating group) is 1. The molecule has 0 saturated heterocycles. The van der Waals surface area contributed by atoms with Crippen molar-refractivity contribution < 1.29 is 9.53 Å². The molecule has 0 heterocycles. The Labute approximate surface area is 67.6 Å². The number of rotatable bonds is 5. The van der Waals surface area contributed by atoms with Crippen LogP contribution in [0.15, 0.2) is 12.7 Å². The van der Waals surface area contributed by atoms with Gasteiger partial charge in [-0.1, -0.05) is 6.08 Å². The summed E-state index contributed by atoms with van der Waals surface area (Å²) in [5.74, 6) is -0.166. The quantitative estimate of drug-likeness (QED) is 0.434. The number of methoxy groups -OCH3 is 1. The smallest absolute Gasteiger partial charge is 0.306 e. The molecule has 0 radical (unpaired) electrons. The van der Waals surface area contributed by atoms with Crippen LogP contribution in [0.25, 0.3) is 0 Å². The fourth-order valence-corrected chi connectivity index (χ4v) is 0.696. The molecule has 0 amide bonds. The van der Waals surface area contributed by atoms with E-state index in [4.69, 9.17) is 0 Å². The zero-order valence-corrected chi connectivity index (χ0v) is 7.17. The minimum Gasteiger partial charge on any atom is -0.469 e. The van der Waals surface area contributed by atoms with Crippen molar-refractivity contribution in [3.05, 3.63) is 12.7 Å². The Kier molecular flexibility index (Phi) is 5.47. The first-order valence-electron chi connectivity index (χ1n) is 3.57. The molecule has 11 heavy (non-hydrogen) atoms. The molecule has 3 nitrogen and oxygen atoms in total. The van der Waals surface area contributed by atoms with E-state index in [-0.39, 0.29) is 5.97 Å². The van der Waals surface area contributed by atoms with Crippen LogP contribution in [0.1, 0.15) is 6.42 Å². The second kappa shape index (κ2) is 5.92. The molecular weight excluding hydrogens is 142 g/mol. The fraction of sp³-hybridized carbons (Fsp3) is 0.625. The van der Waals surface area contributed by atoms with Crippen LogP contribution in [-0.2, 0) is 9.53 Å². The minimum atomic E-state index is -0.166. The molecule has 0 aromatic carbocycles. The molecule has 0 bridgehead atoms. The Morgan fingerprint density at radius 3 is 2.82 bits per heavy atom. The Morgan fingerprint density at radius 1 is 1.73 bits per heavy atom. The van der Waals surface area contributed by atoms with E-state index in [0.29, 0.717) is 6.42 Å². The van der Waals surface area contributed by atoms with E-state index >= 15 is 0 Å².